The van der Waals surface area contributed by atoms with E-state index in [9.17, 15) is 4.79 Å². The first-order chi connectivity index (χ1) is 12.9. The molecule has 5 aliphatic rings. The zero-order valence-electron chi connectivity index (χ0n) is 17.0. The number of nitrogens with zero attached hydrogens (tertiary/aromatic N) is 1. The number of carbonyl (C=O) groups is 1. The molecular weight excluding hydrogens is 334 g/mol. The van der Waals surface area contributed by atoms with Crippen LogP contribution in [0.5, 0.6) is 0 Å². The molecule has 1 heterocycles. The highest BCUT2D eigenvalue weighted by atomic mass is 16.5. The topological polar surface area (TPSA) is 29.5 Å². The lowest BCUT2D eigenvalue weighted by atomic mass is 9.42. The standard InChI is InChI=1S/C24H33NO2/c1-16-4-6-21(7-5-16)23-9-19-8-20(10-23)12-24(11-19,15-23)22(26)25-13-17(2)27-18(3)14-25/h4-7,17-20H,8-15H2,1-3H3/t17-,18-,19-,20-,23?,24?/m1/s1. The molecule has 4 saturated carbocycles. The number of amides is 1. The summed E-state index contributed by atoms with van der Waals surface area (Å²) in [5.74, 6) is 1.90. The first-order valence-electron chi connectivity index (χ1n) is 10.9. The molecule has 1 aliphatic heterocycles. The van der Waals surface area contributed by atoms with E-state index in [1.165, 1.54) is 30.4 Å². The third-order valence-electron chi connectivity index (χ3n) is 7.89. The summed E-state index contributed by atoms with van der Waals surface area (Å²) in [6, 6.07) is 9.21. The second kappa shape index (κ2) is 6.07. The molecule has 0 aromatic heterocycles. The average molecular weight is 368 g/mol. The summed E-state index contributed by atoms with van der Waals surface area (Å²) in [5, 5.41) is 0. The highest BCUT2D eigenvalue weighted by Gasteiger charge is 2.61. The van der Waals surface area contributed by atoms with Crippen LogP contribution < -0.4 is 0 Å². The van der Waals surface area contributed by atoms with Gasteiger partial charge in [0.25, 0.3) is 0 Å². The van der Waals surface area contributed by atoms with Crippen LogP contribution in [0.2, 0.25) is 0 Å². The Morgan fingerprint density at radius 3 is 2.19 bits per heavy atom. The molecule has 27 heavy (non-hydrogen) atoms. The molecule has 0 N–H and O–H groups in total. The number of rotatable bonds is 2. The highest BCUT2D eigenvalue weighted by Crippen LogP contribution is 2.66. The van der Waals surface area contributed by atoms with Crippen molar-refractivity contribution in [1.29, 1.82) is 0 Å². The number of benzene rings is 1. The van der Waals surface area contributed by atoms with Crippen molar-refractivity contribution in [2.75, 3.05) is 13.1 Å². The molecule has 4 bridgehead atoms. The minimum atomic E-state index is -0.119. The summed E-state index contributed by atoms with van der Waals surface area (Å²) in [6.45, 7) is 7.89. The Labute approximate surface area is 163 Å². The van der Waals surface area contributed by atoms with Gasteiger partial charge in [-0.15, -0.1) is 0 Å². The quantitative estimate of drug-likeness (QED) is 0.772. The molecule has 1 aromatic rings. The van der Waals surface area contributed by atoms with Crippen LogP contribution in [-0.2, 0) is 14.9 Å². The maximum atomic E-state index is 13.8. The Kier molecular flexibility index (Phi) is 3.99. The lowest BCUT2D eigenvalue weighted by Crippen LogP contribution is -2.61. The smallest absolute Gasteiger partial charge is 0.229 e. The molecular formula is C24H33NO2. The van der Waals surface area contributed by atoms with Crippen molar-refractivity contribution >= 4 is 5.91 Å². The molecule has 4 atom stereocenters. The van der Waals surface area contributed by atoms with E-state index >= 15 is 0 Å². The van der Waals surface area contributed by atoms with Gasteiger partial charge in [0.1, 0.15) is 0 Å². The van der Waals surface area contributed by atoms with Gasteiger partial charge in [-0.25, -0.2) is 0 Å². The fraction of sp³-hybridized carbons (Fsp3) is 0.708. The van der Waals surface area contributed by atoms with Crippen LogP contribution in [0.15, 0.2) is 24.3 Å². The summed E-state index contributed by atoms with van der Waals surface area (Å²) in [5.41, 5.74) is 2.93. The predicted molar refractivity (Wildman–Crippen MR) is 107 cm³/mol. The highest BCUT2D eigenvalue weighted by molar-refractivity contribution is 5.84. The molecule has 1 saturated heterocycles. The van der Waals surface area contributed by atoms with Crippen LogP contribution >= 0.6 is 0 Å². The lowest BCUT2D eigenvalue weighted by Gasteiger charge is -2.62. The van der Waals surface area contributed by atoms with Gasteiger partial charge < -0.3 is 9.64 Å². The van der Waals surface area contributed by atoms with Crippen LogP contribution in [0.1, 0.15) is 63.5 Å². The fourth-order valence-corrected chi connectivity index (χ4v) is 7.44. The number of hydrogen-bond donors (Lipinski definition) is 0. The second-order valence-electron chi connectivity index (χ2n) is 10.4. The Morgan fingerprint density at radius 2 is 1.59 bits per heavy atom. The van der Waals surface area contributed by atoms with Gasteiger partial charge in [-0.1, -0.05) is 29.8 Å². The molecule has 4 aliphatic carbocycles. The van der Waals surface area contributed by atoms with Crippen molar-refractivity contribution < 1.29 is 9.53 Å². The van der Waals surface area contributed by atoms with Gasteiger partial charge in [0.05, 0.1) is 17.6 Å². The molecule has 0 radical (unpaired) electrons. The summed E-state index contributed by atoms with van der Waals surface area (Å²) in [7, 11) is 0. The van der Waals surface area contributed by atoms with E-state index in [-0.39, 0.29) is 23.0 Å². The zero-order valence-corrected chi connectivity index (χ0v) is 17.0. The minimum Gasteiger partial charge on any atom is -0.372 e. The van der Waals surface area contributed by atoms with Gasteiger partial charge in [-0.3, -0.25) is 4.79 Å². The Bertz CT molecular complexity index is 715. The molecule has 1 aromatic carbocycles. The lowest BCUT2D eigenvalue weighted by molar-refractivity contribution is -0.170. The maximum Gasteiger partial charge on any atom is 0.229 e. The van der Waals surface area contributed by atoms with Crippen LogP contribution in [0.3, 0.4) is 0 Å². The minimum absolute atomic E-state index is 0.119. The molecule has 0 unspecified atom stereocenters. The van der Waals surface area contributed by atoms with E-state index < -0.39 is 0 Å². The number of carbonyl (C=O) groups excluding carboxylic acids is 1. The number of morpholine rings is 1. The predicted octanol–water partition coefficient (Wildman–Crippen LogP) is 4.47. The summed E-state index contributed by atoms with van der Waals surface area (Å²) < 4.78 is 5.89. The summed E-state index contributed by atoms with van der Waals surface area (Å²) >= 11 is 0. The van der Waals surface area contributed by atoms with Gasteiger partial charge in [-0.2, -0.15) is 0 Å². The first kappa shape index (κ1) is 17.7. The molecule has 3 nitrogen and oxygen atoms in total. The molecule has 146 valence electrons. The largest absolute Gasteiger partial charge is 0.372 e. The van der Waals surface area contributed by atoms with Crippen LogP contribution in [0.4, 0.5) is 0 Å². The third-order valence-corrected chi connectivity index (χ3v) is 7.89. The number of ether oxygens (including phenoxy) is 1. The van der Waals surface area contributed by atoms with Gasteiger partial charge in [0.15, 0.2) is 0 Å². The van der Waals surface area contributed by atoms with Crippen molar-refractivity contribution in [2.24, 2.45) is 17.3 Å². The van der Waals surface area contributed by atoms with Gasteiger partial charge in [0, 0.05) is 13.1 Å². The fourth-order valence-electron chi connectivity index (χ4n) is 7.44. The average Bonchev–Trinajstić information content (AvgIpc) is 2.59. The molecule has 0 spiro atoms. The van der Waals surface area contributed by atoms with Crippen LogP contribution in [0, 0.1) is 24.2 Å². The first-order valence-corrected chi connectivity index (χ1v) is 10.9. The SMILES string of the molecule is Cc1ccc(C23C[C@H]4C[C@@H](CC(C(=O)N5C[C@@H](C)O[C@H](C)C5)(C4)C2)C3)cc1. The molecule has 3 heteroatoms. The van der Waals surface area contributed by atoms with Crippen molar-refractivity contribution in [3.05, 3.63) is 35.4 Å². The number of hydrogen-bond acceptors (Lipinski definition) is 2. The van der Waals surface area contributed by atoms with Crippen LogP contribution in [-0.4, -0.2) is 36.1 Å². The van der Waals surface area contributed by atoms with E-state index in [1.54, 1.807) is 0 Å². The van der Waals surface area contributed by atoms with Crippen molar-refractivity contribution in [2.45, 2.75) is 76.9 Å². The number of aryl methyl sites for hydroxylation is 1. The molecule has 6 rings (SSSR count). The van der Waals surface area contributed by atoms with E-state index in [0.717, 1.165) is 44.2 Å². The van der Waals surface area contributed by atoms with Gasteiger partial charge in [-0.05, 0) is 82.1 Å². The van der Waals surface area contributed by atoms with Gasteiger partial charge in [0.2, 0.25) is 5.91 Å². The van der Waals surface area contributed by atoms with Crippen LogP contribution in [0.25, 0.3) is 0 Å². The monoisotopic (exact) mass is 367 g/mol. The van der Waals surface area contributed by atoms with Gasteiger partial charge >= 0.3 is 0 Å². The Balaban J connectivity index is 1.48. The van der Waals surface area contributed by atoms with Crippen molar-refractivity contribution in [1.82, 2.24) is 4.90 Å². The van der Waals surface area contributed by atoms with E-state index in [4.69, 9.17) is 4.74 Å². The second-order valence-corrected chi connectivity index (χ2v) is 10.4. The normalized spacial score (nSPS) is 43.1. The summed E-state index contributed by atoms with van der Waals surface area (Å²) in [6.07, 6.45) is 7.53. The summed E-state index contributed by atoms with van der Waals surface area (Å²) in [4.78, 5) is 16.0. The zero-order chi connectivity index (χ0) is 18.8. The maximum absolute atomic E-state index is 13.8. The van der Waals surface area contributed by atoms with Crippen molar-refractivity contribution in [3.8, 4) is 0 Å². The third kappa shape index (κ3) is 2.85. The molecule has 1 amide bonds. The van der Waals surface area contributed by atoms with E-state index in [1.807, 2.05) is 0 Å². The molecule has 5 fully saturated rings. The van der Waals surface area contributed by atoms with E-state index in [0.29, 0.717) is 5.91 Å². The van der Waals surface area contributed by atoms with Crippen molar-refractivity contribution in [3.63, 3.8) is 0 Å². The Hall–Kier alpha value is -1.35. The van der Waals surface area contributed by atoms with E-state index in [2.05, 4.69) is 49.9 Å². The Morgan fingerprint density at radius 1 is 1.00 bits per heavy atom.